The van der Waals surface area contributed by atoms with Gasteiger partial charge in [0.15, 0.2) is 0 Å². The maximum absolute atomic E-state index is 14.1. The second-order valence-electron chi connectivity index (χ2n) is 17.5. The first-order valence-corrected chi connectivity index (χ1v) is 24.7. The topological polar surface area (TPSA) is 367 Å². The van der Waals surface area contributed by atoms with Crippen molar-refractivity contribution in [1.82, 2.24) is 45.1 Å². The van der Waals surface area contributed by atoms with Crippen LogP contribution in [0.3, 0.4) is 0 Å². The number of nitro benzene ring substituents is 1. The minimum Gasteiger partial charge on any atom is -0.396 e. The highest BCUT2D eigenvalue weighted by Gasteiger charge is 2.37. The van der Waals surface area contributed by atoms with Crippen LogP contribution in [0.1, 0.15) is 77.6 Å². The zero-order valence-electron chi connectivity index (χ0n) is 40.2. The van der Waals surface area contributed by atoms with Gasteiger partial charge >= 0.3 is 7.82 Å². The molecule has 0 bridgehead atoms. The van der Waals surface area contributed by atoms with E-state index in [1.807, 2.05) is 42.6 Å². The minimum atomic E-state index is -5.15. The van der Waals surface area contributed by atoms with Gasteiger partial charge in [-0.15, -0.1) is 0 Å². The summed E-state index contributed by atoms with van der Waals surface area (Å²) in [5.74, 6) is -5.13. The highest BCUT2D eigenvalue weighted by Crippen LogP contribution is 2.38. The monoisotopic (exact) mass is 1020 g/mol. The number of carbonyl (C=O) groups excluding carboxylic acids is 6. The molecule has 4 aromatic rings. The van der Waals surface area contributed by atoms with Gasteiger partial charge in [0, 0.05) is 62.2 Å². The number of aromatic nitrogens is 4. The zero-order valence-corrected chi connectivity index (χ0v) is 41.1. The number of non-ortho nitro benzene ring substituents is 1. The van der Waals surface area contributed by atoms with Crippen molar-refractivity contribution in [3.05, 3.63) is 82.7 Å². The predicted molar refractivity (Wildman–Crippen MR) is 257 cm³/mol. The third-order valence-electron chi connectivity index (χ3n) is 11.6. The molecule has 1 fully saturated rings. The van der Waals surface area contributed by atoms with Crippen molar-refractivity contribution in [2.45, 2.75) is 115 Å². The summed E-state index contributed by atoms with van der Waals surface area (Å²) >= 11 is 0. The van der Waals surface area contributed by atoms with E-state index in [-0.39, 0.29) is 37.0 Å². The van der Waals surface area contributed by atoms with E-state index in [4.69, 9.17) is 10.6 Å². The second-order valence-corrected chi connectivity index (χ2v) is 18.7. The van der Waals surface area contributed by atoms with E-state index >= 15 is 0 Å². The number of likely N-dealkylation sites (tertiary alicyclic amines) is 1. The molecule has 0 spiro atoms. The molecular formula is C45H61N12O14P. The summed E-state index contributed by atoms with van der Waals surface area (Å²) in [6.07, 6.45) is 7.47. The summed E-state index contributed by atoms with van der Waals surface area (Å²) in [4.78, 5) is 125. The average molecular weight is 1030 g/mol. The first kappa shape index (κ1) is 55.8. The fourth-order valence-corrected chi connectivity index (χ4v) is 8.63. The molecular weight excluding hydrogens is 964 g/mol. The number of pyridine rings is 1. The van der Waals surface area contributed by atoms with E-state index in [1.165, 1.54) is 42.7 Å². The lowest BCUT2D eigenvalue weighted by atomic mass is 10.0. The Balaban J connectivity index is 1.26. The van der Waals surface area contributed by atoms with Crippen molar-refractivity contribution < 1.29 is 62.5 Å². The number of nitrogens with one attached hydrogen (secondary N) is 4. The minimum absolute atomic E-state index is 0.0523. The van der Waals surface area contributed by atoms with Gasteiger partial charge in [-0.05, 0) is 75.6 Å². The Bertz CT molecular complexity index is 2630. The molecule has 1 aromatic carbocycles. The van der Waals surface area contributed by atoms with Crippen LogP contribution < -0.4 is 27.0 Å². The molecule has 1 saturated heterocycles. The number of nitro groups is 1. The van der Waals surface area contributed by atoms with E-state index in [9.17, 15) is 58.3 Å². The van der Waals surface area contributed by atoms with Crippen molar-refractivity contribution in [2.75, 3.05) is 19.8 Å². The van der Waals surface area contributed by atoms with Crippen LogP contribution in [0.15, 0.2) is 66.3 Å². The zero-order chi connectivity index (χ0) is 52.7. The molecule has 0 radical (unpaired) electrons. The molecule has 26 nitrogen and oxygen atoms in total. The molecule has 0 aliphatic carbocycles. The smallest absolute Gasteiger partial charge is 0.396 e. The Labute approximate surface area is 413 Å². The number of phosphoric ester groups is 1. The summed E-state index contributed by atoms with van der Waals surface area (Å²) in [6, 6.07) is 4.48. The third-order valence-corrected chi connectivity index (χ3v) is 12.2. The van der Waals surface area contributed by atoms with Crippen molar-refractivity contribution in [3.8, 4) is 11.3 Å². The number of nitrogens with zero attached hydrogens (tertiary/aromatic N) is 7. The molecule has 6 amide bonds. The van der Waals surface area contributed by atoms with Crippen molar-refractivity contribution in [1.29, 1.82) is 0 Å². The number of unbranched alkanes of at least 4 members (excludes halogenated alkanes) is 2. The van der Waals surface area contributed by atoms with Crippen LogP contribution in [0.2, 0.25) is 0 Å². The summed E-state index contributed by atoms with van der Waals surface area (Å²) < 4.78 is 19.5. The largest absolute Gasteiger partial charge is 0.469 e. The van der Waals surface area contributed by atoms with Crippen LogP contribution in [-0.2, 0) is 55.7 Å². The van der Waals surface area contributed by atoms with Crippen LogP contribution in [0.4, 0.5) is 5.69 Å². The lowest BCUT2D eigenvalue weighted by Crippen LogP contribution is -2.61. The van der Waals surface area contributed by atoms with Gasteiger partial charge in [0.1, 0.15) is 42.5 Å². The standard InChI is InChI=1S/C45H61N12O14P/c1-27(2)21-33(50-45(64)36-11-10-19-55(36)29(4)59)42(61)49-34(43(62)51-35(25-58)44(63)53-39(41(46)60)28(3)71-72(67,68)69)22-32-23-47-26-54(32)17-7-5-9-20-70-48-24-37-40(52-38-12-6-8-18-56(37)38)30-13-15-31(16-14-30)57(65)66/h6,8,12-16,18,23-24,26-28,33-36,39,58H,5,7,9-11,17,19-22,25H2,1-4H3,(H2,46,60)(H,49,61)(H,50,64)(H,51,62)(H,53,63)(H2,67,68,69)/b48-24+/t28-,33+,34+,35+,36+,39+/m1/s1. The van der Waals surface area contributed by atoms with Crippen LogP contribution >= 0.6 is 7.82 Å². The molecule has 3 aromatic heterocycles. The molecule has 0 saturated carbocycles. The molecule has 6 atom stereocenters. The molecule has 1 aliphatic rings. The van der Waals surface area contributed by atoms with Gasteiger partial charge in [0.2, 0.25) is 35.4 Å². The van der Waals surface area contributed by atoms with E-state index in [2.05, 4.69) is 40.9 Å². The Kier molecular flexibility index (Phi) is 20.0. The number of imidazole rings is 2. The normalized spacial score (nSPS) is 15.9. The molecule has 9 N–H and O–H groups in total. The Morgan fingerprint density at radius 1 is 0.972 bits per heavy atom. The predicted octanol–water partition coefficient (Wildman–Crippen LogP) is 0.841. The van der Waals surface area contributed by atoms with E-state index in [0.717, 1.165) is 6.92 Å². The van der Waals surface area contributed by atoms with Crippen LogP contribution in [0.5, 0.6) is 0 Å². The van der Waals surface area contributed by atoms with Gasteiger partial charge in [0.05, 0.1) is 41.6 Å². The van der Waals surface area contributed by atoms with E-state index in [1.54, 1.807) is 16.7 Å². The summed E-state index contributed by atoms with van der Waals surface area (Å²) in [7, 11) is -5.15. The van der Waals surface area contributed by atoms with Crippen molar-refractivity contribution in [2.24, 2.45) is 16.8 Å². The molecule has 4 heterocycles. The highest BCUT2D eigenvalue weighted by atomic mass is 31.2. The fraction of sp³-hybridized carbons (Fsp3) is 0.489. The van der Waals surface area contributed by atoms with Gasteiger partial charge in [-0.2, -0.15) is 0 Å². The Morgan fingerprint density at radius 3 is 2.32 bits per heavy atom. The Morgan fingerprint density at radius 2 is 1.67 bits per heavy atom. The number of nitrogens with two attached hydrogens (primary N) is 1. The first-order valence-electron chi connectivity index (χ1n) is 23.2. The third kappa shape index (κ3) is 15.7. The Hall–Kier alpha value is -7.12. The number of aryl methyl sites for hydroxylation is 1. The molecule has 5 rings (SSSR count). The van der Waals surface area contributed by atoms with Crippen molar-refractivity contribution >= 4 is 60.8 Å². The first-order chi connectivity index (χ1) is 34.2. The lowest BCUT2D eigenvalue weighted by molar-refractivity contribution is -0.384. The number of fused-ring (bicyclic) bond motifs is 1. The molecule has 27 heteroatoms. The number of hydrogen-bond donors (Lipinski definition) is 8. The van der Waals surface area contributed by atoms with Crippen molar-refractivity contribution in [3.63, 3.8) is 0 Å². The maximum Gasteiger partial charge on any atom is 0.469 e. The number of hydrogen-bond acceptors (Lipinski definition) is 15. The lowest BCUT2D eigenvalue weighted by Gasteiger charge is -2.28. The molecule has 72 heavy (non-hydrogen) atoms. The van der Waals surface area contributed by atoms with Gasteiger partial charge in [-0.1, -0.05) is 25.1 Å². The molecule has 0 unspecified atom stereocenters. The highest BCUT2D eigenvalue weighted by molar-refractivity contribution is 7.46. The summed E-state index contributed by atoms with van der Waals surface area (Å²) in [6.45, 7) is 6.07. The number of phosphoric acid groups is 1. The average Bonchev–Trinajstić information content (AvgIpc) is 4.09. The SMILES string of the molecule is CC(=O)N1CCC[C@H]1C(=O)N[C@@H](CC(C)C)C(=O)N[C@@H](Cc1cncn1CCCCCO/N=C/c1c(-c2ccc([N+](=O)[O-])cc2)nc2ccccn12)C(=O)N[C@@H](CO)C(=O)N[C@H](C(N)=O)[C@@H](C)OP(=O)(O)O. The van der Waals surface area contributed by atoms with Gasteiger partial charge in [-0.25, -0.2) is 14.5 Å². The van der Waals surface area contributed by atoms with E-state index in [0.29, 0.717) is 73.5 Å². The molecule has 1 aliphatic heterocycles. The number of primary amides is 1. The summed E-state index contributed by atoms with van der Waals surface area (Å²) in [5.41, 5.74) is 8.24. The molecule has 390 valence electrons. The second kappa shape index (κ2) is 25.8. The van der Waals surface area contributed by atoms with Crippen LogP contribution in [0, 0.1) is 16.0 Å². The maximum atomic E-state index is 14.1. The van der Waals surface area contributed by atoms with Crippen LogP contribution in [-0.4, -0.2) is 141 Å². The van der Waals surface area contributed by atoms with Gasteiger partial charge in [0.25, 0.3) is 5.69 Å². The van der Waals surface area contributed by atoms with Gasteiger partial charge < -0.3 is 56.2 Å². The quantitative estimate of drug-likeness (QED) is 0.0135. The number of oxime groups is 1. The number of aliphatic hydroxyl groups excluding tert-OH is 1. The number of amides is 6. The van der Waals surface area contributed by atoms with Crippen LogP contribution in [0.25, 0.3) is 16.9 Å². The number of benzene rings is 1. The van der Waals surface area contributed by atoms with Gasteiger partial charge in [-0.3, -0.25) is 47.8 Å². The van der Waals surface area contributed by atoms with E-state index < -0.39 is 85.2 Å². The summed E-state index contributed by atoms with van der Waals surface area (Å²) in [5, 5.41) is 35.5. The number of aliphatic hydroxyl groups is 1. The number of rotatable bonds is 27. The number of carbonyl (C=O) groups is 6. The fourth-order valence-electron chi connectivity index (χ4n) is 8.07.